The van der Waals surface area contributed by atoms with Crippen LogP contribution in [0, 0.1) is 12.8 Å². The number of aromatic nitrogens is 4. The highest BCUT2D eigenvalue weighted by molar-refractivity contribution is 5.87. The maximum atomic E-state index is 12.9. The zero-order chi connectivity index (χ0) is 25.3. The molecule has 4 aromatic rings. The lowest BCUT2D eigenvalue weighted by molar-refractivity contribution is -0.137. The van der Waals surface area contributed by atoms with Crippen LogP contribution in [0.2, 0.25) is 0 Å². The van der Waals surface area contributed by atoms with E-state index in [9.17, 15) is 18.0 Å². The summed E-state index contributed by atoms with van der Waals surface area (Å²) in [5.74, 6) is 0.424. The lowest BCUT2D eigenvalue weighted by Gasteiger charge is -2.32. The molecule has 0 aliphatic carbocycles. The van der Waals surface area contributed by atoms with E-state index in [1.165, 1.54) is 12.4 Å². The Kier molecular flexibility index (Phi) is 6.34. The fraction of sp³-hybridized carbons (Fsp3) is 0.308. The van der Waals surface area contributed by atoms with Crippen molar-refractivity contribution in [3.8, 4) is 5.69 Å². The van der Waals surface area contributed by atoms with E-state index in [1.807, 2.05) is 37.4 Å². The number of piperidine rings is 1. The van der Waals surface area contributed by atoms with Gasteiger partial charge in [0, 0.05) is 31.7 Å². The fourth-order valence-corrected chi connectivity index (χ4v) is 4.45. The van der Waals surface area contributed by atoms with Crippen molar-refractivity contribution in [2.24, 2.45) is 5.92 Å². The molecule has 0 unspecified atom stereocenters. The van der Waals surface area contributed by atoms with Crippen molar-refractivity contribution in [2.45, 2.75) is 32.5 Å². The first-order valence-corrected chi connectivity index (χ1v) is 11.7. The Morgan fingerprint density at radius 2 is 1.83 bits per heavy atom. The number of rotatable bonds is 5. The number of hydrogen-bond acceptors (Lipinski definition) is 5. The van der Waals surface area contributed by atoms with E-state index in [0.29, 0.717) is 37.1 Å². The third-order valence-electron chi connectivity index (χ3n) is 6.48. The Bertz CT molecular complexity index is 1370. The molecule has 0 spiro atoms. The standard InChI is InChI=1S/C26H25F3N6O/c1-17-5-7-21(8-6-17)35-15-22-23(33-35)31-16-32-24(22)34-11-9-19(10-12-34)25(36)30-14-18-3-2-4-20(13-18)26(27,28)29/h2-8,13,15-16,19H,9-12,14H2,1H3,(H,30,36). The van der Waals surface area contributed by atoms with Gasteiger partial charge in [0.25, 0.3) is 0 Å². The van der Waals surface area contributed by atoms with Crippen LogP contribution in [0.4, 0.5) is 19.0 Å². The Hall–Kier alpha value is -3.95. The van der Waals surface area contributed by atoms with E-state index >= 15 is 0 Å². The van der Waals surface area contributed by atoms with Crippen molar-refractivity contribution in [3.63, 3.8) is 0 Å². The minimum atomic E-state index is -4.41. The van der Waals surface area contributed by atoms with Gasteiger partial charge in [-0.2, -0.15) is 13.2 Å². The van der Waals surface area contributed by atoms with Crippen molar-refractivity contribution in [3.05, 3.63) is 77.7 Å². The van der Waals surface area contributed by atoms with Gasteiger partial charge in [0.2, 0.25) is 5.91 Å². The lowest BCUT2D eigenvalue weighted by atomic mass is 9.95. The van der Waals surface area contributed by atoms with Gasteiger partial charge in [-0.1, -0.05) is 29.8 Å². The fourth-order valence-electron chi connectivity index (χ4n) is 4.45. The highest BCUT2D eigenvalue weighted by atomic mass is 19.4. The smallest absolute Gasteiger partial charge is 0.356 e. The largest absolute Gasteiger partial charge is 0.416 e. The molecule has 0 bridgehead atoms. The van der Waals surface area contributed by atoms with Crippen molar-refractivity contribution in [1.29, 1.82) is 0 Å². The lowest BCUT2D eigenvalue weighted by Crippen LogP contribution is -2.40. The van der Waals surface area contributed by atoms with Crippen LogP contribution in [0.25, 0.3) is 16.7 Å². The summed E-state index contributed by atoms with van der Waals surface area (Å²) in [6.07, 6.45) is 0.245. The van der Waals surface area contributed by atoms with Crippen LogP contribution in [-0.4, -0.2) is 38.7 Å². The van der Waals surface area contributed by atoms with Crippen molar-refractivity contribution in [2.75, 3.05) is 18.0 Å². The summed E-state index contributed by atoms with van der Waals surface area (Å²) in [5.41, 5.74) is 2.40. The first-order chi connectivity index (χ1) is 17.3. The quantitative estimate of drug-likeness (QED) is 0.436. The summed E-state index contributed by atoms with van der Waals surface area (Å²) in [5, 5.41) is 8.22. The highest BCUT2D eigenvalue weighted by Crippen LogP contribution is 2.30. The number of hydrogen-bond donors (Lipinski definition) is 1. The molecule has 1 aliphatic rings. The number of halogens is 3. The average Bonchev–Trinajstić information content (AvgIpc) is 3.32. The minimum absolute atomic E-state index is 0.0632. The Balaban J connectivity index is 1.22. The molecule has 0 radical (unpaired) electrons. The first-order valence-electron chi connectivity index (χ1n) is 11.7. The van der Waals surface area contributed by atoms with E-state index in [4.69, 9.17) is 0 Å². The van der Waals surface area contributed by atoms with E-state index < -0.39 is 11.7 Å². The van der Waals surface area contributed by atoms with Gasteiger partial charge >= 0.3 is 6.18 Å². The number of aryl methyl sites for hydroxylation is 1. The zero-order valence-electron chi connectivity index (χ0n) is 19.7. The van der Waals surface area contributed by atoms with Crippen LogP contribution in [0.5, 0.6) is 0 Å². The van der Waals surface area contributed by atoms with Gasteiger partial charge in [-0.3, -0.25) is 4.79 Å². The normalized spacial score (nSPS) is 14.8. The highest BCUT2D eigenvalue weighted by Gasteiger charge is 2.31. The number of carbonyl (C=O) groups excluding carboxylic acids is 1. The average molecular weight is 495 g/mol. The van der Waals surface area contributed by atoms with Gasteiger partial charge in [-0.15, -0.1) is 5.10 Å². The number of anilines is 1. The molecule has 1 aliphatic heterocycles. The van der Waals surface area contributed by atoms with Gasteiger partial charge < -0.3 is 10.2 Å². The Morgan fingerprint density at radius 1 is 1.08 bits per heavy atom. The summed E-state index contributed by atoms with van der Waals surface area (Å²) in [7, 11) is 0. The number of nitrogens with one attached hydrogen (secondary N) is 1. The molecular formula is C26H25F3N6O. The van der Waals surface area contributed by atoms with Gasteiger partial charge in [0.15, 0.2) is 5.65 Å². The third kappa shape index (κ3) is 5.02. The summed E-state index contributed by atoms with van der Waals surface area (Å²) in [6.45, 7) is 3.35. The summed E-state index contributed by atoms with van der Waals surface area (Å²) < 4.78 is 40.6. The first kappa shape index (κ1) is 23.8. The second-order valence-corrected chi connectivity index (χ2v) is 9.02. The molecule has 2 aromatic heterocycles. The van der Waals surface area contributed by atoms with Crippen LogP contribution >= 0.6 is 0 Å². The van der Waals surface area contributed by atoms with Gasteiger partial charge in [-0.25, -0.2) is 14.6 Å². The molecule has 0 atom stereocenters. The number of nitrogens with zero attached hydrogens (tertiary/aromatic N) is 5. The molecule has 0 saturated carbocycles. The molecule has 1 saturated heterocycles. The summed E-state index contributed by atoms with van der Waals surface area (Å²) >= 11 is 0. The topological polar surface area (TPSA) is 75.9 Å². The van der Waals surface area contributed by atoms with Crippen LogP contribution in [0.15, 0.2) is 61.1 Å². The van der Waals surface area contributed by atoms with E-state index in [-0.39, 0.29) is 18.4 Å². The van der Waals surface area contributed by atoms with Crippen LogP contribution in [0.3, 0.4) is 0 Å². The molecule has 1 amide bonds. The maximum absolute atomic E-state index is 12.9. The molecule has 7 nitrogen and oxygen atoms in total. The second kappa shape index (κ2) is 9.60. The number of fused-ring (bicyclic) bond motifs is 1. The van der Waals surface area contributed by atoms with Gasteiger partial charge in [0.1, 0.15) is 12.1 Å². The molecule has 186 valence electrons. The monoisotopic (exact) mass is 494 g/mol. The SMILES string of the molecule is Cc1ccc(-n2cc3c(N4CCC(C(=O)NCc5cccc(C(F)(F)F)c5)CC4)ncnc3n2)cc1. The Labute approximate surface area is 206 Å². The predicted octanol–water partition coefficient (Wildman–Crippen LogP) is 4.68. The van der Waals surface area contributed by atoms with Crippen LogP contribution in [-0.2, 0) is 17.5 Å². The summed E-state index contributed by atoms with van der Waals surface area (Å²) in [6, 6.07) is 13.1. The minimum Gasteiger partial charge on any atom is -0.356 e. The molecule has 10 heteroatoms. The van der Waals surface area contributed by atoms with Crippen LogP contribution < -0.4 is 10.2 Å². The van der Waals surface area contributed by atoms with Gasteiger partial charge in [0.05, 0.1) is 16.6 Å². The van der Waals surface area contributed by atoms with Crippen molar-refractivity contribution in [1.82, 2.24) is 25.1 Å². The predicted molar refractivity (Wildman–Crippen MR) is 130 cm³/mol. The van der Waals surface area contributed by atoms with E-state index in [2.05, 4.69) is 25.3 Å². The summed E-state index contributed by atoms with van der Waals surface area (Å²) in [4.78, 5) is 23.6. The second-order valence-electron chi connectivity index (χ2n) is 9.02. The molecule has 3 heterocycles. The third-order valence-corrected chi connectivity index (χ3v) is 6.48. The number of benzene rings is 2. The molecule has 1 N–H and O–H groups in total. The zero-order valence-corrected chi connectivity index (χ0v) is 19.7. The van der Waals surface area contributed by atoms with E-state index in [0.717, 1.165) is 34.6 Å². The number of alkyl halides is 3. The molecule has 36 heavy (non-hydrogen) atoms. The molecule has 5 rings (SSSR count). The van der Waals surface area contributed by atoms with Crippen molar-refractivity contribution < 1.29 is 18.0 Å². The number of amides is 1. The maximum Gasteiger partial charge on any atom is 0.416 e. The van der Waals surface area contributed by atoms with Crippen LogP contribution in [0.1, 0.15) is 29.5 Å². The van der Waals surface area contributed by atoms with Gasteiger partial charge in [-0.05, 0) is 49.6 Å². The van der Waals surface area contributed by atoms with E-state index in [1.54, 1.807) is 10.7 Å². The number of carbonyl (C=O) groups is 1. The molecule has 1 fully saturated rings. The molecule has 2 aromatic carbocycles. The van der Waals surface area contributed by atoms with Crippen molar-refractivity contribution >= 4 is 22.8 Å². The molecular weight excluding hydrogens is 469 g/mol. The Morgan fingerprint density at radius 3 is 2.56 bits per heavy atom.